The molecule has 0 N–H and O–H groups in total. The van der Waals surface area contributed by atoms with Gasteiger partial charge in [-0.2, -0.15) is 0 Å². The molecule has 0 aliphatic rings. The highest BCUT2D eigenvalue weighted by Gasteiger charge is 1.90. The second-order valence-electron chi connectivity index (χ2n) is 2.58. The SMILES string of the molecule is [CH2]CCCC(=CCC)CC. The van der Waals surface area contributed by atoms with Crippen LogP contribution in [0.4, 0.5) is 0 Å². The Morgan fingerprint density at radius 2 is 2.10 bits per heavy atom. The van der Waals surface area contributed by atoms with Crippen LogP contribution in [0.15, 0.2) is 11.6 Å². The maximum Gasteiger partial charge on any atom is -0.0320 e. The van der Waals surface area contributed by atoms with Crippen LogP contribution < -0.4 is 0 Å². The Hall–Kier alpha value is -0.260. The summed E-state index contributed by atoms with van der Waals surface area (Å²) >= 11 is 0. The van der Waals surface area contributed by atoms with Gasteiger partial charge >= 0.3 is 0 Å². The predicted molar refractivity (Wildman–Crippen MR) is 47.9 cm³/mol. The molecule has 10 heavy (non-hydrogen) atoms. The average molecular weight is 139 g/mol. The maximum absolute atomic E-state index is 3.82. The molecule has 0 nitrogen and oxygen atoms in total. The first kappa shape index (κ1) is 9.74. The Kier molecular flexibility index (Phi) is 6.68. The van der Waals surface area contributed by atoms with E-state index in [0.29, 0.717) is 0 Å². The van der Waals surface area contributed by atoms with Crippen LogP contribution in [0.1, 0.15) is 46.0 Å². The highest BCUT2D eigenvalue weighted by atomic mass is 14.0. The minimum absolute atomic E-state index is 1.07. The zero-order valence-electron chi connectivity index (χ0n) is 7.32. The van der Waals surface area contributed by atoms with Crippen molar-refractivity contribution in [3.8, 4) is 0 Å². The van der Waals surface area contributed by atoms with Crippen molar-refractivity contribution < 1.29 is 0 Å². The molecule has 0 aromatic rings. The summed E-state index contributed by atoms with van der Waals surface area (Å²) in [6.45, 7) is 8.25. The summed E-state index contributed by atoms with van der Waals surface area (Å²) in [5, 5.41) is 0. The van der Waals surface area contributed by atoms with Gasteiger partial charge in [-0.3, -0.25) is 0 Å². The third-order valence-corrected chi connectivity index (χ3v) is 1.69. The molecule has 0 amide bonds. The van der Waals surface area contributed by atoms with Gasteiger partial charge in [0.15, 0.2) is 0 Å². The molecule has 0 rings (SSSR count). The van der Waals surface area contributed by atoms with Gasteiger partial charge in [0.2, 0.25) is 0 Å². The molecule has 0 saturated carbocycles. The fraction of sp³-hybridized carbons (Fsp3) is 0.700. The fourth-order valence-electron chi connectivity index (χ4n) is 1.06. The molecule has 0 fully saturated rings. The van der Waals surface area contributed by atoms with Crippen LogP contribution in [0.3, 0.4) is 0 Å². The van der Waals surface area contributed by atoms with Gasteiger partial charge in [-0.25, -0.2) is 0 Å². The third kappa shape index (κ3) is 4.60. The molecule has 59 valence electrons. The molecule has 0 aromatic carbocycles. The van der Waals surface area contributed by atoms with Crippen molar-refractivity contribution in [2.75, 3.05) is 0 Å². The molecule has 1 radical (unpaired) electrons. The first-order valence-electron chi connectivity index (χ1n) is 4.32. The summed E-state index contributed by atoms with van der Waals surface area (Å²) in [4.78, 5) is 0. The number of allylic oxidation sites excluding steroid dienone is 2. The van der Waals surface area contributed by atoms with Crippen molar-refractivity contribution in [1.82, 2.24) is 0 Å². The average Bonchev–Trinajstić information content (AvgIpc) is 1.98. The Labute approximate surface area is 65.3 Å². The first-order valence-corrected chi connectivity index (χ1v) is 4.32. The molecular weight excluding hydrogens is 120 g/mol. The lowest BCUT2D eigenvalue weighted by Gasteiger charge is -2.01. The van der Waals surface area contributed by atoms with Gasteiger partial charge in [0.05, 0.1) is 0 Å². The van der Waals surface area contributed by atoms with Crippen molar-refractivity contribution in [3.05, 3.63) is 18.6 Å². The van der Waals surface area contributed by atoms with Crippen molar-refractivity contribution in [3.63, 3.8) is 0 Å². The van der Waals surface area contributed by atoms with Gasteiger partial charge in [0.1, 0.15) is 0 Å². The van der Waals surface area contributed by atoms with E-state index >= 15 is 0 Å². The summed E-state index contributed by atoms with van der Waals surface area (Å²) in [5.41, 5.74) is 1.60. The highest BCUT2D eigenvalue weighted by molar-refractivity contribution is 5.00. The predicted octanol–water partition coefficient (Wildman–Crippen LogP) is 3.74. The topological polar surface area (TPSA) is 0 Å². The zero-order valence-corrected chi connectivity index (χ0v) is 7.32. The molecule has 0 heteroatoms. The molecule has 0 bridgehead atoms. The van der Waals surface area contributed by atoms with Crippen LogP contribution in [0.25, 0.3) is 0 Å². The van der Waals surface area contributed by atoms with Gasteiger partial charge in [-0.1, -0.05) is 38.8 Å². The molecule has 0 unspecified atom stereocenters. The van der Waals surface area contributed by atoms with Crippen LogP contribution in [0.5, 0.6) is 0 Å². The number of rotatable bonds is 5. The zero-order chi connectivity index (χ0) is 7.82. The van der Waals surface area contributed by atoms with Gasteiger partial charge in [-0.15, -0.1) is 0 Å². The van der Waals surface area contributed by atoms with Crippen molar-refractivity contribution >= 4 is 0 Å². The van der Waals surface area contributed by atoms with Crippen LogP contribution >= 0.6 is 0 Å². The van der Waals surface area contributed by atoms with Gasteiger partial charge in [-0.05, 0) is 25.7 Å². The molecule has 0 heterocycles. The lowest BCUT2D eigenvalue weighted by atomic mass is 10.1. The van der Waals surface area contributed by atoms with E-state index in [9.17, 15) is 0 Å². The lowest BCUT2D eigenvalue weighted by Crippen LogP contribution is -1.81. The van der Waals surface area contributed by atoms with Crippen LogP contribution in [0.2, 0.25) is 0 Å². The Balaban J connectivity index is 3.49. The monoisotopic (exact) mass is 139 g/mol. The first-order chi connectivity index (χ1) is 4.85. The summed E-state index contributed by atoms with van der Waals surface area (Å²) in [5.74, 6) is 0. The van der Waals surface area contributed by atoms with E-state index in [-0.39, 0.29) is 0 Å². The van der Waals surface area contributed by atoms with Crippen molar-refractivity contribution in [2.45, 2.75) is 46.0 Å². The Morgan fingerprint density at radius 1 is 1.40 bits per heavy atom. The van der Waals surface area contributed by atoms with Crippen LogP contribution in [0, 0.1) is 6.92 Å². The second kappa shape index (κ2) is 6.85. The summed E-state index contributed by atoms with van der Waals surface area (Å²) in [6, 6.07) is 0. The molecule has 0 saturated heterocycles. The number of hydrogen-bond donors (Lipinski definition) is 0. The van der Waals surface area contributed by atoms with E-state index in [1.165, 1.54) is 25.7 Å². The summed E-state index contributed by atoms with van der Waals surface area (Å²) < 4.78 is 0. The summed E-state index contributed by atoms with van der Waals surface area (Å²) in [7, 11) is 0. The third-order valence-electron chi connectivity index (χ3n) is 1.69. The largest absolute Gasteiger partial charge is 0.0856 e. The quantitative estimate of drug-likeness (QED) is 0.509. The van der Waals surface area contributed by atoms with E-state index in [2.05, 4.69) is 26.8 Å². The summed E-state index contributed by atoms with van der Waals surface area (Å²) in [6.07, 6.45) is 8.32. The number of hydrogen-bond acceptors (Lipinski definition) is 0. The molecule has 0 spiro atoms. The maximum atomic E-state index is 3.82. The Morgan fingerprint density at radius 3 is 2.50 bits per heavy atom. The Bertz CT molecular complexity index is 90.2. The molecule has 0 aromatic heterocycles. The van der Waals surface area contributed by atoms with E-state index in [4.69, 9.17) is 0 Å². The van der Waals surface area contributed by atoms with E-state index in [1.807, 2.05) is 0 Å². The lowest BCUT2D eigenvalue weighted by molar-refractivity contribution is 0.796. The smallest absolute Gasteiger partial charge is 0.0320 e. The molecule has 0 aliphatic heterocycles. The molecule has 0 aliphatic carbocycles. The van der Waals surface area contributed by atoms with E-state index in [1.54, 1.807) is 5.57 Å². The standard InChI is InChI=1S/C10H19/c1-4-7-9-10(6-3)8-5-2/h8H,1,4-7,9H2,2-3H3. The van der Waals surface area contributed by atoms with Crippen molar-refractivity contribution in [1.29, 1.82) is 0 Å². The normalized spacial score (nSPS) is 12.1. The molecule has 0 atom stereocenters. The minimum Gasteiger partial charge on any atom is -0.0856 e. The van der Waals surface area contributed by atoms with Gasteiger partial charge < -0.3 is 0 Å². The van der Waals surface area contributed by atoms with Crippen LogP contribution in [-0.2, 0) is 0 Å². The highest BCUT2D eigenvalue weighted by Crippen LogP contribution is 2.11. The van der Waals surface area contributed by atoms with Gasteiger partial charge in [0, 0.05) is 0 Å². The van der Waals surface area contributed by atoms with Gasteiger partial charge in [0.25, 0.3) is 0 Å². The van der Waals surface area contributed by atoms with Crippen LogP contribution in [-0.4, -0.2) is 0 Å². The second-order valence-corrected chi connectivity index (χ2v) is 2.58. The number of unbranched alkanes of at least 4 members (excludes halogenated alkanes) is 1. The van der Waals surface area contributed by atoms with Crippen molar-refractivity contribution in [2.24, 2.45) is 0 Å². The van der Waals surface area contributed by atoms with E-state index < -0.39 is 0 Å². The van der Waals surface area contributed by atoms with E-state index in [0.717, 1.165) is 6.42 Å². The minimum atomic E-state index is 1.07. The molecular formula is C10H19. The fourth-order valence-corrected chi connectivity index (χ4v) is 1.06.